The van der Waals surface area contributed by atoms with Gasteiger partial charge in [0.1, 0.15) is 12.4 Å². The molecule has 8 heteroatoms. The van der Waals surface area contributed by atoms with Crippen LogP contribution in [0.5, 0.6) is 0 Å². The topological polar surface area (TPSA) is 87.7 Å². The molecule has 0 aliphatic rings. The van der Waals surface area contributed by atoms with Crippen molar-refractivity contribution in [2.24, 2.45) is 0 Å². The molecule has 0 aromatic heterocycles. The smallest absolute Gasteiger partial charge is 0.329 e. The molecule has 2 amide bonds. The van der Waals surface area contributed by atoms with Crippen LogP contribution in [0.3, 0.4) is 0 Å². The molecule has 6 nitrogen and oxygen atoms in total. The van der Waals surface area contributed by atoms with Crippen LogP contribution >= 0.6 is 15.9 Å². The Morgan fingerprint density at radius 2 is 2.16 bits per heavy atom. The van der Waals surface area contributed by atoms with E-state index in [1.165, 1.54) is 18.2 Å². The molecular weight excluding hydrogens is 323 g/mol. The Hall–Kier alpha value is -1.67. The van der Waals surface area contributed by atoms with Crippen molar-refractivity contribution in [1.29, 1.82) is 0 Å². The third-order valence-corrected chi connectivity index (χ3v) is 2.63. The maximum Gasteiger partial charge on any atom is 0.329 e. The quantitative estimate of drug-likeness (QED) is 0.692. The van der Waals surface area contributed by atoms with Crippen molar-refractivity contribution < 1.29 is 23.8 Å². The number of urea groups is 1. The van der Waals surface area contributed by atoms with Crippen molar-refractivity contribution in [1.82, 2.24) is 5.32 Å². The Bertz CT molecular complexity index is 470. The fourth-order valence-corrected chi connectivity index (χ4v) is 1.50. The highest BCUT2D eigenvalue weighted by Crippen LogP contribution is 2.22. The number of benzene rings is 1. The predicted molar refractivity (Wildman–Crippen MR) is 69.6 cm³/mol. The lowest BCUT2D eigenvalue weighted by atomic mass is 10.3. The second kappa shape index (κ2) is 7.70. The first-order valence-electron chi connectivity index (χ1n) is 5.28. The van der Waals surface area contributed by atoms with Gasteiger partial charge >= 0.3 is 12.0 Å². The average Bonchev–Trinajstić information content (AvgIpc) is 2.33. The highest BCUT2D eigenvalue weighted by molar-refractivity contribution is 9.10. The van der Waals surface area contributed by atoms with E-state index in [-0.39, 0.29) is 13.2 Å². The molecular formula is C11H12BrFN2O4. The monoisotopic (exact) mass is 334 g/mol. The molecule has 3 N–H and O–H groups in total. The van der Waals surface area contributed by atoms with Crippen LogP contribution in [0.15, 0.2) is 22.7 Å². The van der Waals surface area contributed by atoms with Crippen molar-refractivity contribution in [2.75, 3.05) is 25.1 Å². The number of nitrogens with one attached hydrogen (secondary N) is 2. The van der Waals surface area contributed by atoms with Crippen LogP contribution in [0.1, 0.15) is 0 Å². The molecule has 0 bridgehead atoms. The Kier molecular flexibility index (Phi) is 6.23. The molecule has 0 saturated heterocycles. The average molecular weight is 335 g/mol. The van der Waals surface area contributed by atoms with E-state index in [9.17, 15) is 14.0 Å². The van der Waals surface area contributed by atoms with Crippen LogP contribution in [0.25, 0.3) is 0 Å². The first-order chi connectivity index (χ1) is 8.99. The lowest BCUT2D eigenvalue weighted by Gasteiger charge is -2.09. The minimum Gasteiger partial charge on any atom is -0.480 e. The molecule has 0 aliphatic heterocycles. The number of carbonyl (C=O) groups is 2. The molecule has 0 fully saturated rings. The Labute approximate surface area is 117 Å². The SMILES string of the molecule is O=C(O)COCCNC(=O)Nc1cc(F)ccc1Br. The molecule has 0 unspecified atom stereocenters. The first kappa shape index (κ1) is 15.4. The van der Waals surface area contributed by atoms with E-state index in [4.69, 9.17) is 9.84 Å². The number of carboxylic acids is 1. The summed E-state index contributed by atoms with van der Waals surface area (Å²) in [5, 5.41) is 13.2. The van der Waals surface area contributed by atoms with Gasteiger partial charge in [-0.3, -0.25) is 0 Å². The van der Waals surface area contributed by atoms with E-state index in [0.717, 1.165) is 0 Å². The van der Waals surface area contributed by atoms with Crippen molar-refractivity contribution in [3.63, 3.8) is 0 Å². The summed E-state index contributed by atoms with van der Waals surface area (Å²) in [6.07, 6.45) is 0. The fourth-order valence-electron chi connectivity index (χ4n) is 1.16. The zero-order chi connectivity index (χ0) is 14.3. The third kappa shape index (κ3) is 6.16. The summed E-state index contributed by atoms with van der Waals surface area (Å²) in [6.45, 7) is -0.200. The second-order valence-electron chi connectivity index (χ2n) is 3.45. The van der Waals surface area contributed by atoms with Gasteiger partial charge in [-0.2, -0.15) is 0 Å². The van der Waals surface area contributed by atoms with Crippen LogP contribution in [0.2, 0.25) is 0 Å². The summed E-state index contributed by atoms with van der Waals surface area (Å²) in [6, 6.07) is 3.36. The van der Waals surface area contributed by atoms with Gasteiger partial charge in [0.05, 0.1) is 12.3 Å². The molecule has 1 aromatic rings. The zero-order valence-electron chi connectivity index (χ0n) is 9.78. The number of hydrogen-bond donors (Lipinski definition) is 3. The molecule has 19 heavy (non-hydrogen) atoms. The maximum absolute atomic E-state index is 13.0. The van der Waals surface area contributed by atoms with Crippen LogP contribution in [-0.4, -0.2) is 36.9 Å². The Morgan fingerprint density at radius 3 is 2.84 bits per heavy atom. The molecule has 0 aliphatic carbocycles. The number of anilines is 1. The van der Waals surface area contributed by atoms with Gasteiger partial charge in [0.2, 0.25) is 0 Å². The van der Waals surface area contributed by atoms with Crippen LogP contribution in [0, 0.1) is 5.82 Å². The predicted octanol–water partition coefficient (Wildman–Crippen LogP) is 1.81. The normalized spacial score (nSPS) is 10.0. The van der Waals surface area contributed by atoms with Crippen molar-refractivity contribution in [2.45, 2.75) is 0 Å². The summed E-state index contributed by atoms with van der Waals surface area (Å²) in [5.74, 6) is -1.54. The van der Waals surface area contributed by atoms with Crippen LogP contribution < -0.4 is 10.6 Å². The number of amides is 2. The minimum absolute atomic E-state index is 0.0735. The van der Waals surface area contributed by atoms with E-state index in [0.29, 0.717) is 10.2 Å². The fraction of sp³-hybridized carbons (Fsp3) is 0.273. The molecule has 0 saturated carbocycles. The number of rotatable bonds is 6. The summed E-state index contributed by atoms with van der Waals surface area (Å²) in [4.78, 5) is 21.6. The van der Waals surface area contributed by atoms with Gasteiger partial charge < -0.3 is 20.5 Å². The maximum atomic E-state index is 13.0. The number of aliphatic carboxylic acids is 1. The molecule has 0 atom stereocenters. The number of halogens is 2. The van der Waals surface area contributed by atoms with Crippen LogP contribution in [0.4, 0.5) is 14.9 Å². The largest absolute Gasteiger partial charge is 0.480 e. The molecule has 0 heterocycles. The molecule has 1 rings (SSSR count). The Balaban J connectivity index is 2.31. The van der Waals surface area contributed by atoms with Crippen LogP contribution in [-0.2, 0) is 9.53 Å². The number of carbonyl (C=O) groups excluding carboxylic acids is 1. The van der Waals surface area contributed by atoms with E-state index in [2.05, 4.69) is 26.6 Å². The number of carboxylic acid groups (broad SMARTS) is 1. The highest BCUT2D eigenvalue weighted by atomic mass is 79.9. The van der Waals surface area contributed by atoms with Gasteiger partial charge in [-0.1, -0.05) is 0 Å². The van der Waals surface area contributed by atoms with Gasteiger partial charge in [0.25, 0.3) is 0 Å². The summed E-state index contributed by atoms with van der Waals surface area (Å²) >= 11 is 3.17. The number of ether oxygens (including phenoxy) is 1. The van der Waals surface area contributed by atoms with E-state index >= 15 is 0 Å². The first-order valence-corrected chi connectivity index (χ1v) is 6.08. The second-order valence-corrected chi connectivity index (χ2v) is 4.31. The highest BCUT2D eigenvalue weighted by Gasteiger charge is 2.06. The van der Waals surface area contributed by atoms with Gasteiger partial charge in [-0.05, 0) is 34.1 Å². The van der Waals surface area contributed by atoms with Crippen molar-refractivity contribution in [3.05, 3.63) is 28.5 Å². The standard InChI is InChI=1S/C11H12BrFN2O4/c12-8-2-1-7(13)5-9(8)15-11(18)14-3-4-19-6-10(16)17/h1-2,5H,3-4,6H2,(H,16,17)(H2,14,15,18). The van der Waals surface area contributed by atoms with Gasteiger partial charge in [0.15, 0.2) is 0 Å². The minimum atomic E-state index is -1.08. The summed E-state index contributed by atoms with van der Waals surface area (Å²) in [5.41, 5.74) is 0.295. The molecule has 0 spiro atoms. The molecule has 1 aromatic carbocycles. The molecule has 104 valence electrons. The Morgan fingerprint density at radius 1 is 1.42 bits per heavy atom. The number of hydrogen-bond acceptors (Lipinski definition) is 3. The van der Waals surface area contributed by atoms with E-state index < -0.39 is 24.4 Å². The van der Waals surface area contributed by atoms with Crippen molar-refractivity contribution >= 4 is 33.6 Å². The lowest BCUT2D eigenvalue weighted by molar-refractivity contribution is -0.142. The van der Waals surface area contributed by atoms with Gasteiger partial charge in [-0.15, -0.1) is 0 Å². The summed E-state index contributed by atoms with van der Waals surface area (Å²) in [7, 11) is 0. The van der Waals surface area contributed by atoms with Crippen molar-refractivity contribution in [3.8, 4) is 0 Å². The molecule has 0 radical (unpaired) electrons. The summed E-state index contributed by atoms with van der Waals surface area (Å²) < 4.78 is 18.2. The third-order valence-electron chi connectivity index (χ3n) is 1.93. The van der Waals surface area contributed by atoms with E-state index in [1.54, 1.807) is 0 Å². The lowest BCUT2D eigenvalue weighted by Crippen LogP contribution is -2.32. The van der Waals surface area contributed by atoms with Gasteiger partial charge in [0, 0.05) is 11.0 Å². The van der Waals surface area contributed by atoms with E-state index in [1.807, 2.05) is 0 Å². The zero-order valence-corrected chi connectivity index (χ0v) is 11.4. The van der Waals surface area contributed by atoms with Gasteiger partial charge in [-0.25, -0.2) is 14.0 Å².